The standard InChI is InChI=1S/C16H17N7O3/c1-10(11-5-4-6-17-7-11)19-20-12(24)8-23-9-18-14-13(23)15(25)22(3)16(26)21(14)2/h4-7,9H,8H2,1-3H3,(H,20,24). The molecule has 0 atom stereocenters. The highest BCUT2D eigenvalue weighted by molar-refractivity contribution is 5.98. The Hall–Kier alpha value is -3.56. The Bertz CT molecular complexity index is 1120. The van der Waals surface area contributed by atoms with Gasteiger partial charge in [0.2, 0.25) is 0 Å². The second kappa shape index (κ2) is 6.75. The van der Waals surface area contributed by atoms with E-state index in [0.29, 0.717) is 5.71 Å². The fraction of sp³-hybridized carbons (Fsp3) is 0.250. The van der Waals surface area contributed by atoms with E-state index in [9.17, 15) is 14.4 Å². The molecule has 3 aromatic heterocycles. The average Bonchev–Trinajstić information content (AvgIpc) is 3.07. The van der Waals surface area contributed by atoms with Gasteiger partial charge in [0.15, 0.2) is 11.2 Å². The van der Waals surface area contributed by atoms with E-state index in [2.05, 4.69) is 20.5 Å². The van der Waals surface area contributed by atoms with E-state index < -0.39 is 17.2 Å². The number of fused-ring (bicyclic) bond motifs is 1. The monoisotopic (exact) mass is 355 g/mol. The molecule has 0 fully saturated rings. The molecule has 0 aliphatic rings. The predicted octanol–water partition coefficient (Wildman–Crippen LogP) is -0.631. The summed E-state index contributed by atoms with van der Waals surface area (Å²) in [6.45, 7) is 1.59. The second-order valence-corrected chi connectivity index (χ2v) is 5.72. The van der Waals surface area contributed by atoms with Crippen LogP contribution in [-0.4, -0.2) is 35.3 Å². The summed E-state index contributed by atoms with van der Waals surface area (Å²) in [7, 11) is 2.89. The highest BCUT2D eigenvalue weighted by atomic mass is 16.2. The Morgan fingerprint density at radius 1 is 1.27 bits per heavy atom. The van der Waals surface area contributed by atoms with Crippen molar-refractivity contribution in [3.8, 4) is 0 Å². The molecule has 3 heterocycles. The lowest BCUT2D eigenvalue weighted by Gasteiger charge is -2.06. The number of carbonyl (C=O) groups excluding carboxylic acids is 1. The molecule has 3 rings (SSSR count). The van der Waals surface area contributed by atoms with E-state index in [1.165, 1.54) is 29.6 Å². The molecule has 0 radical (unpaired) electrons. The number of hydrogen-bond donors (Lipinski definition) is 1. The summed E-state index contributed by atoms with van der Waals surface area (Å²) in [6, 6.07) is 3.60. The third-order valence-electron chi connectivity index (χ3n) is 3.96. The molecule has 0 saturated carbocycles. The SMILES string of the molecule is CC(=NNC(=O)Cn1cnc2c1c(=O)n(C)c(=O)n2C)c1cccnc1. The zero-order valence-corrected chi connectivity index (χ0v) is 14.5. The van der Waals surface area contributed by atoms with Gasteiger partial charge in [-0.3, -0.25) is 23.7 Å². The number of nitrogens with one attached hydrogen (secondary N) is 1. The van der Waals surface area contributed by atoms with Gasteiger partial charge in [-0.1, -0.05) is 6.07 Å². The van der Waals surface area contributed by atoms with Gasteiger partial charge in [0.1, 0.15) is 6.54 Å². The number of aromatic nitrogens is 5. The molecule has 1 amide bonds. The smallest absolute Gasteiger partial charge is 0.315 e. The first-order valence-corrected chi connectivity index (χ1v) is 7.74. The molecule has 0 bridgehead atoms. The lowest BCUT2D eigenvalue weighted by atomic mass is 10.2. The predicted molar refractivity (Wildman–Crippen MR) is 94.8 cm³/mol. The molecule has 0 unspecified atom stereocenters. The Kier molecular flexibility index (Phi) is 4.48. The average molecular weight is 355 g/mol. The fourth-order valence-electron chi connectivity index (χ4n) is 2.49. The Morgan fingerprint density at radius 2 is 2.04 bits per heavy atom. The maximum atomic E-state index is 12.3. The Labute approximate surface area is 147 Å². The highest BCUT2D eigenvalue weighted by Crippen LogP contribution is 2.05. The van der Waals surface area contributed by atoms with Gasteiger partial charge in [0.25, 0.3) is 11.5 Å². The molecular weight excluding hydrogens is 338 g/mol. The molecule has 3 aromatic rings. The summed E-state index contributed by atoms with van der Waals surface area (Å²) >= 11 is 0. The van der Waals surface area contributed by atoms with Crippen LogP contribution in [0.15, 0.2) is 45.5 Å². The van der Waals surface area contributed by atoms with Crippen LogP contribution in [0.1, 0.15) is 12.5 Å². The molecule has 0 spiro atoms. The van der Waals surface area contributed by atoms with Crippen LogP contribution in [0.5, 0.6) is 0 Å². The zero-order valence-electron chi connectivity index (χ0n) is 14.5. The zero-order chi connectivity index (χ0) is 18.8. The summed E-state index contributed by atoms with van der Waals surface area (Å²) in [5, 5.41) is 4.03. The van der Waals surface area contributed by atoms with Crippen molar-refractivity contribution in [1.82, 2.24) is 29.1 Å². The molecule has 10 nitrogen and oxygen atoms in total. The van der Waals surface area contributed by atoms with Crippen LogP contribution >= 0.6 is 0 Å². The second-order valence-electron chi connectivity index (χ2n) is 5.72. The van der Waals surface area contributed by atoms with Crippen molar-refractivity contribution < 1.29 is 4.79 Å². The third kappa shape index (κ3) is 3.04. The first kappa shape index (κ1) is 17.3. The molecule has 0 aliphatic heterocycles. The maximum Gasteiger partial charge on any atom is 0.332 e. The molecule has 26 heavy (non-hydrogen) atoms. The van der Waals surface area contributed by atoms with E-state index in [-0.39, 0.29) is 17.7 Å². The number of hydrogen-bond acceptors (Lipinski definition) is 6. The minimum absolute atomic E-state index is 0.159. The van der Waals surface area contributed by atoms with Gasteiger partial charge >= 0.3 is 5.69 Å². The van der Waals surface area contributed by atoms with Gasteiger partial charge in [-0.05, 0) is 13.0 Å². The first-order chi connectivity index (χ1) is 12.4. The van der Waals surface area contributed by atoms with E-state index in [0.717, 1.165) is 10.1 Å². The van der Waals surface area contributed by atoms with E-state index in [1.54, 1.807) is 25.4 Å². The normalized spacial score (nSPS) is 11.7. The van der Waals surface area contributed by atoms with E-state index in [4.69, 9.17) is 0 Å². The molecule has 10 heteroatoms. The van der Waals surface area contributed by atoms with Gasteiger partial charge in [0, 0.05) is 32.1 Å². The quantitative estimate of drug-likeness (QED) is 0.494. The summed E-state index contributed by atoms with van der Waals surface area (Å²) in [5.41, 5.74) is 3.23. The van der Waals surface area contributed by atoms with Crippen LogP contribution in [0, 0.1) is 0 Å². The number of hydrazone groups is 1. The summed E-state index contributed by atoms with van der Waals surface area (Å²) in [6.07, 6.45) is 4.63. The van der Waals surface area contributed by atoms with Crippen molar-refractivity contribution in [2.75, 3.05) is 0 Å². The van der Waals surface area contributed by atoms with Crippen LogP contribution in [0.2, 0.25) is 0 Å². The lowest BCUT2D eigenvalue weighted by Crippen LogP contribution is -2.38. The van der Waals surface area contributed by atoms with Crippen LogP contribution in [0.25, 0.3) is 11.2 Å². The van der Waals surface area contributed by atoms with Crippen molar-refractivity contribution >= 4 is 22.8 Å². The number of carbonyl (C=O) groups is 1. The number of nitrogens with zero attached hydrogens (tertiary/aromatic N) is 6. The minimum Gasteiger partial charge on any atom is -0.315 e. The molecular formula is C16H17N7O3. The molecule has 0 aromatic carbocycles. The number of aryl methyl sites for hydroxylation is 1. The number of imidazole rings is 1. The number of amides is 1. The van der Waals surface area contributed by atoms with Gasteiger partial charge in [-0.25, -0.2) is 15.2 Å². The summed E-state index contributed by atoms with van der Waals surface area (Å²) in [5.74, 6) is -0.427. The molecule has 0 aliphatic carbocycles. The third-order valence-corrected chi connectivity index (χ3v) is 3.96. The number of pyridine rings is 1. The molecule has 0 saturated heterocycles. The first-order valence-electron chi connectivity index (χ1n) is 7.74. The maximum absolute atomic E-state index is 12.3. The topological polar surface area (TPSA) is 116 Å². The van der Waals surface area contributed by atoms with Crippen molar-refractivity contribution in [1.29, 1.82) is 0 Å². The fourth-order valence-corrected chi connectivity index (χ4v) is 2.49. The van der Waals surface area contributed by atoms with Crippen LogP contribution < -0.4 is 16.7 Å². The Morgan fingerprint density at radius 3 is 2.73 bits per heavy atom. The van der Waals surface area contributed by atoms with Crippen LogP contribution in [0.4, 0.5) is 0 Å². The van der Waals surface area contributed by atoms with E-state index in [1.807, 2.05) is 6.07 Å². The van der Waals surface area contributed by atoms with Crippen LogP contribution in [0.3, 0.4) is 0 Å². The van der Waals surface area contributed by atoms with Crippen molar-refractivity contribution in [2.24, 2.45) is 19.2 Å². The van der Waals surface area contributed by atoms with E-state index >= 15 is 0 Å². The highest BCUT2D eigenvalue weighted by Gasteiger charge is 2.15. The molecule has 1 N–H and O–H groups in total. The minimum atomic E-state index is -0.511. The summed E-state index contributed by atoms with van der Waals surface area (Å²) < 4.78 is 3.63. The van der Waals surface area contributed by atoms with Crippen LogP contribution in [-0.2, 0) is 25.4 Å². The van der Waals surface area contributed by atoms with Crippen molar-refractivity contribution in [3.05, 3.63) is 57.3 Å². The van der Waals surface area contributed by atoms with Gasteiger partial charge in [-0.15, -0.1) is 0 Å². The van der Waals surface area contributed by atoms with Crippen molar-refractivity contribution in [3.63, 3.8) is 0 Å². The summed E-state index contributed by atoms with van der Waals surface area (Å²) in [4.78, 5) is 44.5. The lowest BCUT2D eigenvalue weighted by molar-refractivity contribution is -0.121. The number of rotatable bonds is 4. The van der Waals surface area contributed by atoms with Gasteiger partial charge in [0.05, 0.1) is 12.0 Å². The van der Waals surface area contributed by atoms with Gasteiger partial charge in [-0.2, -0.15) is 5.10 Å². The van der Waals surface area contributed by atoms with Crippen molar-refractivity contribution in [2.45, 2.75) is 13.5 Å². The largest absolute Gasteiger partial charge is 0.332 e. The molecule has 134 valence electrons. The Balaban J connectivity index is 1.85. The van der Waals surface area contributed by atoms with Gasteiger partial charge < -0.3 is 4.57 Å².